The van der Waals surface area contributed by atoms with E-state index in [1.54, 1.807) is 13.0 Å². The fraction of sp³-hybridized carbons (Fsp3) is 0.670. The van der Waals surface area contributed by atoms with Crippen LogP contribution in [0.1, 0.15) is 301 Å². The number of aryl methyl sites for hydroxylation is 1. The van der Waals surface area contributed by atoms with E-state index in [0.717, 1.165) is 158 Å². The van der Waals surface area contributed by atoms with Gasteiger partial charge in [0, 0.05) is 78.6 Å². The second-order valence-electron chi connectivity index (χ2n) is 37.2. The van der Waals surface area contributed by atoms with E-state index in [-0.39, 0.29) is 54.9 Å². The Bertz CT molecular complexity index is 3890. The Balaban J connectivity index is 0.000000233. The average Bonchev–Trinajstić information content (AvgIpc) is 1.57. The maximum Gasteiger partial charge on any atom is 0.419 e. The number of benzene rings is 6. The van der Waals surface area contributed by atoms with Gasteiger partial charge < -0.3 is 75.8 Å². The van der Waals surface area contributed by atoms with Crippen LogP contribution in [0.2, 0.25) is 0 Å². The van der Waals surface area contributed by atoms with Crippen molar-refractivity contribution >= 4 is 11.9 Å². The number of rotatable bonds is 42. The van der Waals surface area contributed by atoms with Crippen LogP contribution in [0.5, 0.6) is 23.0 Å². The van der Waals surface area contributed by atoms with Crippen LogP contribution < -0.4 is 18.9 Å². The number of hydrogen-bond acceptors (Lipinski definition) is 18. The zero-order valence-electron chi connectivity index (χ0n) is 86.2. The molecule has 5 atom stereocenters. The average molecular weight is 1900 g/mol. The fourth-order valence-corrected chi connectivity index (χ4v) is 20.0. The molecule has 10 fully saturated rings. The molecule has 18 nitrogen and oxygen atoms in total. The minimum Gasteiger partial charge on any atom is -0.491 e. The molecule has 9 aliphatic carbocycles. The quantitative estimate of drug-likeness (QED) is 0.0260. The molecule has 5 unspecified atom stereocenters. The van der Waals surface area contributed by atoms with E-state index in [4.69, 9.17) is 75.8 Å². The summed E-state index contributed by atoms with van der Waals surface area (Å²) in [4.78, 5) is 22.8. The molecule has 6 bridgehead atoms. The predicted octanol–water partition coefficient (Wildman–Crippen LogP) is 27.2. The van der Waals surface area contributed by atoms with Gasteiger partial charge in [0.05, 0.1) is 75.4 Å². The molecule has 6 aromatic rings. The van der Waals surface area contributed by atoms with Crippen molar-refractivity contribution in [3.63, 3.8) is 0 Å². The lowest BCUT2D eigenvalue weighted by atomic mass is 9.54. The van der Waals surface area contributed by atoms with Gasteiger partial charge in [-0.2, -0.15) is 13.2 Å². The fourth-order valence-electron chi connectivity index (χ4n) is 20.0. The lowest BCUT2D eigenvalue weighted by Gasteiger charge is -2.56. The van der Waals surface area contributed by atoms with Crippen molar-refractivity contribution in [2.24, 2.45) is 47.3 Å². The van der Waals surface area contributed by atoms with Crippen LogP contribution >= 0.6 is 0 Å². The van der Waals surface area contributed by atoms with Gasteiger partial charge >= 0.3 is 18.1 Å². The highest BCUT2D eigenvalue weighted by Crippen LogP contribution is 2.58. The first kappa shape index (κ1) is 118. The Morgan fingerprint density at radius 3 is 1.36 bits per heavy atom. The Morgan fingerprint density at radius 2 is 0.875 bits per heavy atom. The van der Waals surface area contributed by atoms with E-state index in [0.29, 0.717) is 101 Å². The number of esters is 2. The van der Waals surface area contributed by atoms with E-state index in [2.05, 4.69) is 120 Å². The van der Waals surface area contributed by atoms with Crippen molar-refractivity contribution < 1.29 is 98.6 Å². The second-order valence-corrected chi connectivity index (χ2v) is 37.2. The number of carbonyl (C=O) groups excluding carboxylic acids is 2. The summed E-state index contributed by atoms with van der Waals surface area (Å²) < 4.78 is 124. The molecule has 1 heterocycles. The number of ether oxygens (including phenoxy) is 16. The smallest absolute Gasteiger partial charge is 0.419 e. The first-order chi connectivity index (χ1) is 66.1. The monoisotopic (exact) mass is 1900 g/mol. The molecule has 16 rings (SSSR count). The predicted molar refractivity (Wildman–Crippen MR) is 540 cm³/mol. The molecule has 21 heteroatoms. The highest BCUT2D eigenvalue weighted by Gasteiger charge is 2.62. The Morgan fingerprint density at radius 1 is 0.426 bits per heavy atom. The van der Waals surface area contributed by atoms with Crippen molar-refractivity contribution in [3.05, 3.63) is 191 Å². The summed E-state index contributed by atoms with van der Waals surface area (Å²) >= 11 is 0. The molecule has 1 aliphatic heterocycles. The Labute approximate surface area is 818 Å². The number of halogens is 3. The van der Waals surface area contributed by atoms with Gasteiger partial charge in [0.25, 0.3) is 0 Å². The maximum atomic E-state index is 12.7. The van der Waals surface area contributed by atoms with Crippen molar-refractivity contribution in [1.82, 2.24) is 0 Å². The lowest BCUT2D eigenvalue weighted by Crippen LogP contribution is -2.51. The zero-order chi connectivity index (χ0) is 98.2. The van der Waals surface area contributed by atoms with E-state index in [1.165, 1.54) is 156 Å². The van der Waals surface area contributed by atoms with Crippen molar-refractivity contribution in [1.29, 1.82) is 0 Å². The third-order valence-corrected chi connectivity index (χ3v) is 26.3. The van der Waals surface area contributed by atoms with Crippen molar-refractivity contribution in [2.75, 3.05) is 145 Å². The molecule has 1 saturated heterocycles. The number of carbonyl (C=O) groups is 2. The van der Waals surface area contributed by atoms with Crippen molar-refractivity contribution in [3.8, 4) is 23.0 Å². The minimum absolute atomic E-state index is 0.0237. The summed E-state index contributed by atoms with van der Waals surface area (Å²) in [6, 6.07) is 49.4. The van der Waals surface area contributed by atoms with Crippen LogP contribution in [0.4, 0.5) is 13.2 Å². The van der Waals surface area contributed by atoms with E-state index >= 15 is 0 Å². The van der Waals surface area contributed by atoms with Crippen LogP contribution in [0.3, 0.4) is 0 Å². The molecular weight excluding hydrogens is 1730 g/mol. The molecule has 9 saturated carbocycles. The Hall–Kier alpha value is -7.15. The summed E-state index contributed by atoms with van der Waals surface area (Å²) in [6.45, 7) is 45.7. The van der Waals surface area contributed by atoms with Gasteiger partial charge in [-0.1, -0.05) is 207 Å². The van der Waals surface area contributed by atoms with Crippen LogP contribution in [-0.2, 0) is 85.6 Å². The highest BCUT2D eigenvalue weighted by atomic mass is 19.4. The van der Waals surface area contributed by atoms with Gasteiger partial charge in [-0.05, 0) is 284 Å². The molecular formula is C115H177F3O18. The van der Waals surface area contributed by atoms with Crippen LogP contribution in [0.25, 0.3) is 0 Å². The van der Waals surface area contributed by atoms with E-state index in [9.17, 15) is 22.8 Å². The molecule has 0 radical (unpaired) electrons. The second kappa shape index (κ2) is 70.5. The molecule has 0 amide bonds. The first-order valence-corrected chi connectivity index (χ1v) is 52.4. The first-order valence-electron chi connectivity index (χ1n) is 52.4. The summed E-state index contributed by atoms with van der Waals surface area (Å²) in [5.41, 5.74) is 6.72. The normalized spacial score (nSPS) is 20.9. The third-order valence-electron chi connectivity index (χ3n) is 26.3. The van der Waals surface area contributed by atoms with E-state index in [1.807, 2.05) is 110 Å². The van der Waals surface area contributed by atoms with Gasteiger partial charge in [0.15, 0.2) is 0 Å². The van der Waals surface area contributed by atoms with Gasteiger partial charge in [-0.3, -0.25) is 9.59 Å². The topological polar surface area (TPSA) is 182 Å². The third kappa shape index (κ3) is 45.6. The molecule has 0 N–H and O–H groups in total. The molecule has 0 spiro atoms. The van der Waals surface area contributed by atoms with Gasteiger partial charge in [0.2, 0.25) is 0 Å². The Kier molecular flexibility index (Phi) is 60.9. The largest absolute Gasteiger partial charge is 0.491 e. The van der Waals surface area contributed by atoms with Gasteiger partial charge in [-0.25, -0.2) is 0 Å². The molecule has 0 aromatic heterocycles. The van der Waals surface area contributed by atoms with Crippen LogP contribution in [0, 0.1) is 54.3 Å². The molecule has 766 valence electrons. The summed E-state index contributed by atoms with van der Waals surface area (Å²) in [6.07, 6.45) is 27.4. The number of hydrogen-bond donors (Lipinski definition) is 0. The number of para-hydroxylation sites is 3. The standard InChI is InChI=1S/C16H24O2.C16H26O2.C12H15F3O2.C12H20O.C11H20O3.C10H14O3.C10H14O2.C10H14O.C9H18O.C9H12O/c1-2-17-12-13-18-16-10-8-15(9-11-16)14-6-4-3-5-7-14;1-6-17-10-11-18-16-14(12(2)3)8-7-9-15(16)13(4)5;1-3-16-7-8-17-11-9(2)5-4-6-10(11)12(13,14)15;1-2-13-12-6-9-3-10(7-12)5-11(4-9)8-12;1-2-13-8-9-14-11(12)10-6-4-3-5-7-10;1-2-12-8-5-3-6-7(4-5)10(11)13-9(6)8;1-2-11-8-9-12-10-6-4-3-5-7-10;1-2-11-9-8-10-6-4-3-5-7-10;2*1-2-10-8-9-6-4-3-5-7-9/h8-11,14H,2-7,12-13H2,1H3;7-9,12-13H,6,10-11H2,1-5H3;4-6H,3,7-8H2,1-2H3;9-11H,2-8H2,1H3;10H,2-9H2,1H3;5-9H,2-4H2,1H3;3-7H,2,8-9H2,1H3;3-7H,2,8-9H2,1H3;9H,2-8H2,1H3;3-7H,2,8H2,1H3. The SMILES string of the molecule is CCOC12CC3CC(CC(C3)C1)C2.CCOC1C2CC3C(=O)OC1C3C2.CCOCC1CCCCC1.CCOCCOC(=O)C1CCCCC1.CCOCCOc1c(C(C)C)cccc1C(C)C.CCOCCOc1c(C)cccc1C(F)(F)F.CCOCCOc1ccc(C2CCCCC2)cc1.CCOCCOc1ccccc1.CCOCCc1ccccc1.CCOCc1ccccc1. The van der Waals surface area contributed by atoms with Crippen LogP contribution in [-0.4, -0.2) is 175 Å². The molecule has 136 heavy (non-hydrogen) atoms. The van der Waals surface area contributed by atoms with Gasteiger partial charge in [0.1, 0.15) is 62.1 Å². The summed E-state index contributed by atoms with van der Waals surface area (Å²) in [7, 11) is 0. The van der Waals surface area contributed by atoms with Gasteiger partial charge in [-0.15, -0.1) is 0 Å². The maximum absolute atomic E-state index is 12.7. The summed E-state index contributed by atoms with van der Waals surface area (Å²) in [5, 5.41) is 0. The zero-order valence-corrected chi connectivity index (χ0v) is 86.2. The molecule has 10 aliphatic rings. The highest BCUT2D eigenvalue weighted by molar-refractivity contribution is 5.76. The lowest BCUT2D eigenvalue weighted by molar-refractivity contribution is -0.159. The van der Waals surface area contributed by atoms with Crippen LogP contribution in [0.15, 0.2) is 152 Å². The molecule has 6 aromatic carbocycles. The summed E-state index contributed by atoms with van der Waals surface area (Å²) in [5.74, 6) is 9.94. The van der Waals surface area contributed by atoms with Crippen molar-refractivity contribution in [2.45, 2.75) is 306 Å². The minimum atomic E-state index is -4.40. The van der Waals surface area contributed by atoms with E-state index < -0.39 is 11.7 Å². The number of alkyl halides is 3. The number of fused-ring (bicyclic) bond motifs is 1.